The van der Waals surface area contributed by atoms with Crippen molar-refractivity contribution in [2.45, 2.75) is 18.7 Å². The van der Waals surface area contributed by atoms with Crippen LogP contribution in [0.3, 0.4) is 0 Å². The highest BCUT2D eigenvalue weighted by atomic mass is 35.5. The lowest BCUT2D eigenvalue weighted by atomic mass is 10.2. The molecule has 0 aliphatic carbocycles. The second kappa shape index (κ2) is 5.63. The first kappa shape index (κ1) is 13.4. The monoisotopic (exact) mass is 263 g/mol. The fraction of sp³-hybridized carbons (Fsp3) is 0.400. The minimum atomic E-state index is -3.46. The normalized spacial score (nSPS) is 13.7. The van der Waals surface area contributed by atoms with Crippen LogP contribution in [0, 0.1) is 0 Å². The average Bonchev–Trinajstić information content (AvgIpc) is 2.20. The Bertz CT molecular complexity index is 447. The maximum Gasteiger partial charge on any atom is 0.216 e. The molecule has 90 valence electrons. The summed E-state index contributed by atoms with van der Waals surface area (Å²) in [5.41, 5.74) is 0.543. The molecule has 0 radical (unpaired) electrons. The topological polar surface area (TPSA) is 66.4 Å². The van der Waals surface area contributed by atoms with E-state index in [0.29, 0.717) is 10.6 Å². The van der Waals surface area contributed by atoms with E-state index in [0.717, 1.165) is 0 Å². The van der Waals surface area contributed by atoms with Gasteiger partial charge in [-0.25, -0.2) is 13.1 Å². The second-order valence-electron chi connectivity index (χ2n) is 3.55. The fourth-order valence-electron chi connectivity index (χ4n) is 1.21. The Morgan fingerprint density at radius 2 is 2.06 bits per heavy atom. The van der Waals surface area contributed by atoms with Gasteiger partial charge < -0.3 is 5.11 Å². The molecule has 4 nitrogen and oxygen atoms in total. The van der Waals surface area contributed by atoms with E-state index in [1.807, 2.05) is 0 Å². The van der Waals surface area contributed by atoms with Gasteiger partial charge in [0.05, 0.1) is 12.4 Å². The van der Waals surface area contributed by atoms with Crippen LogP contribution >= 0.6 is 11.6 Å². The summed E-state index contributed by atoms with van der Waals surface area (Å²) in [5, 5.41) is 9.19. The highest BCUT2D eigenvalue weighted by Crippen LogP contribution is 2.17. The van der Waals surface area contributed by atoms with Gasteiger partial charge >= 0.3 is 0 Å². The number of aliphatic hydroxyl groups excluding tert-OH is 1. The Morgan fingerprint density at radius 1 is 1.44 bits per heavy atom. The molecule has 1 atom stereocenters. The second-order valence-corrected chi connectivity index (χ2v) is 5.71. The van der Waals surface area contributed by atoms with Gasteiger partial charge in [-0.15, -0.1) is 0 Å². The third-order valence-corrected chi connectivity index (χ3v) is 3.78. The Hall–Kier alpha value is -0.620. The number of hydrogen-bond acceptors (Lipinski definition) is 3. The van der Waals surface area contributed by atoms with Gasteiger partial charge in [0.25, 0.3) is 0 Å². The van der Waals surface area contributed by atoms with Crippen LogP contribution in [-0.2, 0) is 15.8 Å². The molecule has 0 saturated heterocycles. The highest BCUT2D eigenvalue weighted by molar-refractivity contribution is 7.88. The summed E-state index contributed by atoms with van der Waals surface area (Å²) in [6, 6.07) is 6.27. The Kier molecular flexibility index (Phi) is 4.73. The van der Waals surface area contributed by atoms with Crippen molar-refractivity contribution in [2.75, 3.05) is 6.61 Å². The summed E-state index contributed by atoms with van der Waals surface area (Å²) in [4.78, 5) is 0. The van der Waals surface area contributed by atoms with Gasteiger partial charge in [0.15, 0.2) is 0 Å². The van der Waals surface area contributed by atoms with E-state index in [9.17, 15) is 8.42 Å². The van der Waals surface area contributed by atoms with Gasteiger partial charge in [-0.05, 0) is 18.6 Å². The molecule has 0 unspecified atom stereocenters. The van der Waals surface area contributed by atoms with Crippen molar-refractivity contribution >= 4 is 21.6 Å². The van der Waals surface area contributed by atoms with Gasteiger partial charge in [0.1, 0.15) is 0 Å². The minimum absolute atomic E-state index is 0.184. The van der Waals surface area contributed by atoms with Crippen LogP contribution in [0.5, 0.6) is 0 Å². The summed E-state index contributed by atoms with van der Waals surface area (Å²) in [5.74, 6) is -0.184. The molecule has 0 aliphatic rings. The van der Waals surface area contributed by atoms with Crippen molar-refractivity contribution in [3.63, 3.8) is 0 Å². The maximum absolute atomic E-state index is 11.6. The SMILES string of the molecule is C[C@H](CO)NS(=O)(=O)Cc1ccccc1Cl. The van der Waals surface area contributed by atoms with Crippen LogP contribution in [0.1, 0.15) is 12.5 Å². The van der Waals surface area contributed by atoms with Crippen molar-refractivity contribution in [2.24, 2.45) is 0 Å². The predicted molar refractivity (Wildman–Crippen MR) is 63.8 cm³/mol. The van der Waals surface area contributed by atoms with Gasteiger partial charge in [-0.3, -0.25) is 0 Å². The summed E-state index contributed by atoms with van der Waals surface area (Å²) in [7, 11) is -3.46. The molecule has 16 heavy (non-hydrogen) atoms. The zero-order valence-corrected chi connectivity index (χ0v) is 10.4. The number of halogens is 1. The van der Waals surface area contributed by atoms with E-state index in [-0.39, 0.29) is 12.4 Å². The number of rotatable bonds is 5. The molecular formula is C10H14ClNO3S. The molecule has 0 fully saturated rings. The molecule has 0 saturated carbocycles. The van der Waals surface area contributed by atoms with E-state index < -0.39 is 16.1 Å². The molecule has 1 aromatic carbocycles. The molecule has 0 amide bonds. The average molecular weight is 264 g/mol. The van der Waals surface area contributed by atoms with Crippen LogP contribution in [0.25, 0.3) is 0 Å². The zero-order valence-electron chi connectivity index (χ0n) is 8.85. The van der Waals surface area contributed by atoms with Crippen LogP contribution in [0.15, 0.2) is 24.3 Å². The van der Waals surface area contributed by atoms with E-state index >= 15 is 0 Å². The van der Waals surface area contributed by atoms with Gasteiger partial charge in [-0.2, -0.15) is 0 Å². The van der Waals surface area contributed by atoms with Crippen molar-refractivity contribution in [3.05, 3.63) is 34.9 Å². The minimum Gasteiger partial charge on any atom is -0.395 e. The van der Waals surface area contributed by atoms with Crippen molar-refractivity contribution < 1.29 is 13.5 Å². The maximum atomic E-state index is 11.6. The summed E-state index contributed by atoms with van der Waals surface area (Å²) in [6.07, 6.45) is 0. The van der Waals surface area contributed by atoms with E-state index in [4.69, 9.17) is 16.7 Å². The molecule has 1 rings (SSSR count). The fourth-order valence-corrected chi connectivity index (χ4v) is 2.92. The van der Waals surface area contributed by atoms with E-state index in [1.54, 1.807) is 31.2 Å². The Balaban J connectivity index is 2.77. The van der Waals surface area contributed by atoms with Crippen LogP contribution in [-0.4, -0.2) is 26.2 Å². The molecule has 1 aromatic rings. The van der Waals surface area contributed by atoms with Gasteiger partial charge in [0, 0.05) is 11.1 Å². The lowest BCUT2D eigenvalue weighted by molar-refractivity contribution is 0.265. The Morgan fingerprint density at radius 3 is 2.62 bits per heavy atom. The van der Waals surface area contributed by atoms with Crippen molar-refractivity contribution in [3.8, 4) is 0 Å². The number of benzene rings is 1. The molecule has 0 spiro atoms. The van der Waals surface area contributed by atoms with Crippen molar-refractivity contribution in [1.29, 1.82) is 0 Å². The first-order valence-electron chi connectivity index (χ1n) is 4.79. The number of nitrogens with one attached hydrogen (secondary N) is 1. The van der Waals surface area contributed by atoms with Crippen LogP contribution < -0.4 is 4.72 Å². The van der Waals surface area contributed by atoms with Crippen LogP contribution in [0.2, 0.25) is 5.02 Å². The van der Waals surface area contributed by atoms with E-state index in [2.05, 4.69) is 4.72 Å². The van der Waals surface area contributed by atoms with E-state index in [1.165, 1.54) is 0 Å². The molecule has 6 heteroatoms. The summed E-state index contributed by atoms with van der Waals surface area (Å²) >= 11 is 5.86. The number of sulfonamides is 1. The number of aliphatic hydroxyl groups is 1. The smallest absolute Gasteiger partial charge is 0.216 e. The zero-order chi connectivity index (χ0) is 12.2. The lowest BCUT2D eigenvalue weighted by Gasteiger charge is -2.11. The summed E-state index contributed by atoms with van der Waals surface area (Å²) < 4.78 is 25.6. The first-order chi connectivity index (χ1) is 7.44. The lowest BCUT2D eigenvalue weighted by Crippen LogP contribution is -2.35. The first-order valence-corrected chi connectivity index (χ1v) is 6.82. The van der Waals surface area contributed by atoms with Gasteiger partial charge in [0.2, 0.25) is 10.0 Å². The van der Waals surface area contributed by atoms with Gasteiger partial charge in [-0.1, -0.05) is 29.8 Å². The number of hydrogen-bond donors (Lipinski definition) is 2. The van der Waals surface area contributed by atoms with Crippen molar-refractivity contribution in [1.82, 2.24) is 4.72 Å². The highest BCUT2D eigenvalue weighted by Gasteiger charge is 2.15. The summed E-state index contributed by atoms with van der Waals surface area (Å²) in [6.45, 7) is 1.35. The standard InChI is InChI=1S/C10H14ClNO3S/c1-8(6-13)12-16(14,15)7-9-4-2-3-5-10(9)11/h2-5,8,12-13H,6-7H2,1H3/t8-/m1/s1. The molecule has 0 bridgehead atoms. The molecule has 0 aromatic heterocycles. The third-order valence-electron chi connectivity index (χ3n) is 1.96. The molecule has 0 heterocycles. The molecule has 2 N–H and O–H groups in total. The molecular weight excluding hydrogens is 250 g/mol. The predicted octanol–water partition coefficient (Wildman–Crippen LogP) is 1.14. The third kappa shape index (κ3) is 4.09. The largest absolute Gasteiger partial charge is 0.395 e. The quantitative estimate of drug-likeness (QED) is 0.837. The van der Waals surface area contributed by atoms with Crippen LogP contribution in [0.4, 0.5) is 0 Å². The Labute approximate surface area is 100 Å². The molecule has 0 aliphatic heterocycles.